The van der Waals surface area contributed by atoms with Crippen molar-refractivity contribution in [3.8, 4) is 0 Å². The minimum atomic E-state index is 0.300. The molecule has 19 heavy (non-hydrogen) atoms. The second kappa shape index (κ2) is 7.08. The Hall–Kier alpha value is -0.0800. The summed E-state index contributed by atoms with van der Waals surface area (Å²) < 4.78 is 6.14. The molecule has 0 amide bonds. The van der Waals surface area contributed by atoms with Crippen LogP contribution < -0.4 is 5.32 Å². The van der Waals surface area contributed by atoms with Crippen molar-refractivity contribution in [1.29, 1.82) is 0 Å². The van der Waals surface area contributed by atoms with Crippen LogP contribution >= 0.6 is 0 Å². The van der Waals surface area contributed by atoms with Gasteiger partial charge in [0.1, 0.15) is 0 Å². The highest BCUT2D eigenvalue weighted by Gasteiger charge is 2.39. The third kappa shape index (κ3) is 4.75. The van der Waals surface area contributed by atoms with E-state index in [0.717, 1.165) is 30.9 Å². The van der Waals surface area contributed by atoms with Crippen molar-refractivity contribution in [2.75, 3.05) is 19.7 Å². The lowest BCUT2D eigenvalue weighted by atomic mass is 9.80. The van der Waals surface area contributed by atoms with Gasteiger partial charge in [0.05, 0.1) is 5.60 Å². The van der Waals surface area contributed by atoms with E-state index in [4.69, 9.17) is 4.74 Å². The standard InChI is InChI=1S/C17H33NO/c1-14(2)12-18-13-15(3)10-16-6-9-19-17(11-16)7-4-5-8-17/h14-16,18H,4-13H2,1-3H3. The summed E-state index contributed by atoms with van der Waals surface area (Å²) in [5, 5.41) is 3.60. The number of rotatable bonds is 6. The van der Waals surface area contributed by atoms with E-state index in [2.05, 4.69) is 26.1 Å². The summed E-state index contributed by atoms with van der Waals surface area (Å²) in [6.45, 7) is 10.3. The topological polar surface area (TPSA) is 21.3 Å². The van der Waals surface area contributed by atoms with Crippen LogP contribution in [0.15, 0.2) is 0 Å². The molecule has 0 aromatic heterocycles. The Bertz CT molecular complexity index is 258. The van der Waals surface area contributed by atoms with Gasteiger partial charge in [-0.3, -0.25) is 0 Å². The first kappa shape index (κ1) is 15.3. The normalized spacial score (nSPS) is 28.1. The highest BCUT2D eigenvalue weighted by atomic mass is 16.5. The molecule has 1 heterocycles. The zero-order valence-corrected chi connectivity index (χ0v) is 13.2. The molecule has 1 aliphatic carbocycles. The molecule has 2 rings (SSSR count). The van der Waals surface area contributed by atoms with E-state index in [9.17, 15) is 0 Å². The van der Waals surface area contributed by atoms with Crippen molar-refractivity contribution >= 4 is 0 Å². The molecule has 2 fully saturated rings. The Morgan fingerprint density at radius 3 is 2.58 bits per heavy atom. The van der Waals surface area contributed by atoms with E-state index in [1.165, 1.54) is 51.5 Å². The smallest absolute Gasteiger partial charge is 0.0685 e. The second-order valence-corrected chi connectivity index (χ2v) is 7.49. The molecule has 1 spiro atoms. The Kier molecular flexibility index (Phi) is 5.70. The molecule has 2 atom stereocenters. The van der Waals surface area contributed by atoms with Crippen molar-refractivity contribution in [1.82, 2.24) is 5.32 Å². The average molecular weight is 267 g/mol. The quantitative estimate of drug-likeness (QED) is 0.785. The predicted molar refractivity (Wildman–Crippen MR) is 81.4 cm³/mol. The summed E-state index contributed by atoms with van der Waals surface area (Å²) in [7, 11) is 0. The summed E-state index contributed by atoms with van der Waals surface area (Å²) in [6, 6.07) is 0. The first-order valence-corrected chi connectivity index (χ1v) is 8.44. The third-order valence-electron chi connectivity index (χ3n) is 4.89. The van der Waals surface area contributed by atoms with E-state index in [-0.39, 0.29) is 0 Å². The van der Waals surface area contributed by atoms with Gasteiger partial charge in [-0.1, -0.05) is 33.6 Å². The molecule has 0 bridgehead atoms. The minimum Gasteiger partial charge on any atom is -0.375 e. The van der Waals surface area contributed by atoms with Gasteiger partial charge in [0.15, 0.2) is 0 Å². The first-order chi connectivity index (χ1) is 9.10. The maximum atomic E-state index is 6.14. The summed E-state index contributed by atoms with van der Waals surface area (Å²) in [6.07, 6.45) is 9.43. The van der Waals surface area contributed by atoms with Crippen LogP contribution in [-0.2, 0) is 4.74 Å². The van der Waals surface area contributed by atoms with Crippen LogP contribution in [0.2, 0.25) is 0 Å². The fraction of sp³-hybridized carbons (Fsp3) is 1.00. The van der Waals surface area contributed by atoms with Crippen LogP contribution in [0.5, 0.6) is 0 Å². The number of hydrogen-bond donors (Lipinski definition) is 1. The van der Waals surface area contributed by atoms with Crippen LogP contribution in [-0.4, -0.2) is 25.3 Å². The van der Waals surface area contributed by atoms with Gasteiger partial charge in [-0.25, -0.2) is 0 Å². The molecule has 2 heteroatoms. The lowest BCUT2D eigenvalue weighted by molar-refractivity contribution is -0.0953. The maximum Gasteiger partial charge on any atom is 0.0685 e. The van der Waals surface area contributed by atoms with Gasteiger partial charge in [0, 0.05) is 6.61 Å². The molecular formula is C17H33NO. The van der Waals surface area contributed by atoms with Crippen LogP contribution in [0, 0.1) is 17.8 Å². The second-order valence-electron chi connectivity index (χ2n) is 7.49. The molecule has 1 saturated carbocycles. The summed E-state index contributed by atoms with van der Waals surface area (Å²) in [5.41, 5.74) is 0.300. The molecule has 2 aliphatic rings. The lowest BCUT2D eigenvalue weighted by Gasteiger charge is -2.39. The number of ether oxygens (including phenoxy) is 1. The van der Waals surface area contributed by atoms with Gasteiger partial charge in [0.2, 0.25) is 0 Å². The molecule has 0 aromatic carbocycles. The zero-order valence-electron chi connectivity index (χ0n) is 13.2. The molecular weight excluding hydrogens is 234 g/mol. The summed E-state index contributed by atoms with van der Waals surface area (Å²) >= 11 is 0. The lowest BCUT2D eigenvalue weighted by Crippen LogP contribution is -2.38. The number of nitrogens with one attached hydrogen (secondary N) is 1. The Balaban J connectivity index is 1.69. The largest absolute Gasteiger partial charge is 0.375 e. The van der Waals surface area contributed by atoms with Gasteiger partial charge in [-0.2, -0.15) is 0 Å². The van der Waals surface area contributed by atoms with Gasteiger partial charge in [-0.15, -0.1) is 0 Å². The molecule has 1 aliphatic heterocycles. The molecule has 1 saturated heterocycles. The van der Waals surface area contributed by atoms with E-state index in [0.29, 0.717) is 5.60 Å². The zero-order chi connectivity index (χ0) is 13.7. The van der Waals surface area contributed by atoms with E-state index < -0.39 is 0 Å². The van der Waals surface area contributed by atoms with Crippen LogP contribution in [0.1, 0.15) is 65.7 Å². The Morgan fingerprint density at radius 1 is 1.16 bits per heavy atom. The van der Waals surface area contributed by atoms with Crippen molar-refractivity contribution in [3.05, 3.63) is 0 Å². The van der Waals surface area contributed by atoms with Gasteiger partial charge < -0.3 is 10.1 Å². The van der Waals surface area contributed by atoms with Crippen LogP contribution in [0.4, 0.5) is 0 Å². The van der Waals surface area contributed by atoms with Gasteiger partial charge >= 0.3 is 0 Å². The van der Waals surface area contributed by atoms with Crippen molar-refractivity contribution in [3.63, 3.8) is 0 Å². The van der Waals surface area contributed by atoms with E-state index in [1.807, 2.05) is 0 Å². The molecule has 112 valence electrons. The minimum absolute atomic E-state index is 0.300. The predicted octanol–water partition coefficient (Wildman–Crippen LogP) is 4.00. The Labute approximate surface area is 119 Å². The van der Waals surface area contributed by atoms with Crippen LogP contribution in [0.25, 0.3) is 0 Å². The average Bonchev–Trinajstić information content (AvgIpc) is 2.76. The molecule has 0 radical (unpaired) electrons. The highest BCUT2D eigenvalue weighted by Crippen LogP contribution is 2.43. The van der Waals surface area contributed by atoms with Gasteiger partial charge in [-0.05, 0) is 62.9 Å². The molecule has 2 unspecified atom stereocenters. The van der Waals surface area contributed by atoms with Crippen LogP contribution in [0.3, 0.4) is 0 Å². The van der Waals surface area contributed by atoms with E-state index in [1.54, 1.807) is 0 Å². The Morgan fingerprint density at radius 2 is 1.89 bits per heavy atom. The fourth-order valence-corrected chi connectivity index (χ4v) is 3.97. The third-order valence-corrected chi connectivity index (χ3v) is 4.89. The fourth-order valence-electron chi connectivity index (χ4n) is 3.97. The first-order valence-electron chi connectivity index (χ1n) is 8.44. The molecule has 0 aromatic rings. The van der Waals surface area contributed by atoms with Crippen molar-refractivity contribution < 1.29 is 4.74 Å². The maximum absolute atomic E-state index is 6.14. The van der Waals surface area contributed by atoms with Gasteiger partial charge in [0.25, 0.3) is 0 Å². The SMILES string of the molecule is CC(C)CNCC(C)CC1CCOC2(CCCC2)C1. The highest BCUT2D eigenvalue weighted by molar-refractivity contribution is 4.91. The van der Waals surface area contributed by atoms with Crippen molar-refractivity contribution in [2.24, 2.45) is 17.8 Å². The summed E-state index contributed by atoms with van der Waals surface area (Å²) in [4.78, 5) is 0. The monoisotopic (exact) mass is 267 g/mol. The van der Waals surface area contributed by atoms with E-state index >= 15 is 0 Å². The number of hydrogen-bond acceptors (Lipinski definition) is 2. The summed E-state index contributed by atoms with van der Waals surface area (Å²) in [5.74, 6) is 2.47. The molecule has 2 nitrogen and oxygen atoms in total. The molecule has 1 N–H and O–H groups in total. The van der Waals surface area contributed by atoms with Crippen molar-refractivity contribution in [2.45, 2.75) is 71.3 Å².